The number of carbonyl (C=O) groups is 1. The summed E-state index contributed by atoms with van der Waals surface area (Å²) in [5.74, 6) is -0.0770. The molecule has 19 heavy (non-hydrogen) atoms. The van der Waals surface area contributed by atoms with Gasteiger partial charge in [-0.25, -0.2) is 4.98 Å². The first-order chi connectivity index (χ1) is 8.97. The SMILES string of the molecule is Cc1ccc(N)c(C(=O)N(C)Cc2csc(C)n2)c1. The zero-order chi connectivity index (χ0) is 14.0. The third-order valence-electron chi connectivity index (χ3n) is 2.85. The molecule has 0 atom stereocenters. The number of carbonyl (C=O) groups excluding carboxylic acids is 1. The van der Waals surface area contributed by atoms with Crippen molar-refractivity contribution in [3.8, 4) is 0 Å². The molecule has 0 aliphatic carbocycles. The number of aryl methyl sites for hydroxylation is 2. The Morgan fingerprint density at radius 2 is 2.16 bits per heavy atom. The van der Waals surface area contributed by atoms with Crippen molar-refractivity contribution in [3.05, 3.63) is 45.4 Å². The van der Waals surface area contributed by atoms with Crippen LogP contribution in [0.25, 0.3) is 0 Å². The summed E-state index contributed by atoms with van der Waals surface area (Å²) in [5.41, 5.74) is 8.86. The van der Waals surface area contributed by atoms with Crippen molar-refractivity contribution in [3.63, 3.8) is 0 Å². The molecule has 0 aliphatic rings. The fourth-order valence-electron chi connectivity index (χ4n) is 1.86. The number of nitrogen functional groups attached to an aromatic ring is 1. The molecule has 0 fully saturated rings. The maximum absolute atomic E-state index is 12.4. The molecule has 0 spiro atoms. The van der Waals surface area contributed by atoms with Gasteiger partial charge in [0.05, 0.1) is 22.8 Å². The van der Waals surface area contributed by atoms with Crippen molar-refractivity contribution >= 4 is 22.9 Å². The van der Waals surface area contributed by atoms with E-state index in [9.17, 15) is 4.79 Å². The highest BCUT2D eigenvalue weighted by atomic mass is 32.1. The number of thiazole rings is 1. The molecule has 100 valence electrons. The molecule has 5 heteroatoms. The lowest BCUT2D eigenvalue weighted by Crippen LogP contribution is -2.27. The predicted molar refractivity (Wildman–Crippen MR) is 78.2 cm³/mol. The Labute approximate surface area is 116 Å². The van der Waals surface area contributed by atoms with Gasteiger partial charge in [0, 0.05) is 18.1 Å². The van der Waals surface area contributed by atoms with Gasteiger partial charge < -0.3 is 10.6 Å². The van der Waals surface area contributed by atoms with Crippen LogP contribution >= 0.6 is 11.3 Å². The molecule has 1 aromatic heterocycles. The van der Waals surface area contributed by atoms with Gasteiger partial charge in [-0.1, -0.05) is 11.6 Å². The van der Waals surface area contributed by atoms with Gasteiger partial charge >= 0.3 is 0 Å². The van der Waals surface area contributed by atoms with Crippen LogP contribution in [0.4, 0.5) is 5.69 Å². The van der Waals surface area contributed by atoms with E-state index in [-0.39, 0.29) is 5.91 Å². The van der Waals surface area contributed by atoms with Gasteiger partial charge in [-0.2, -0.15) is 0 Å². The summed E-state index contributed by atoms with van der Waals surface area (Å²) < 4.78 is 0. The van der Waals surface area contributed by atoms with Crippen molar-refractivity contribution in [2.24, 2.45) is 0 Å². The van der Waals surface area contributed by atoms with Crippen LogP contribution in [-0.4, -0.2) is 22.8 Å². The monoisotopic (exact) mass is 275 g/mol. The van der Waals surface area contributed by atoms with E-state index < -0.39 is 0 Å². The number of hydrogen-bond acceptors (Lipinski definition) is 4. The highest BCUT2D eigenvalue weighted by molar-refractivity contribution is 7.09. The molecule has 1 aromatic carbocycles. The van der Waals surface area contributed by atoms with Gasteiger partial charge in [-0.05, 0) is 26.0 Å². The number of rotatable bonds is 3. The Balaban J connectivity index is 2.16. The van der Waals surface area contributed by atoms with Gasteiger partial charge in [0.15, 0.2) is 0 Å². The second-order valence-corrected chi connectivity index (χ2v) is 5.67. The van der Waals surface area contributed by atoms with Crippen LogP contribution in [0.2, 0.25) is 0 Å². The van der Waals surface area contributed by atoms with Gasteiger partial charge in [0.1, 0.15) is 0 Å². The number of nitrogens with two attached hydrogens (primary N) is 1. The van der Waals surface area contributed by atoms with E-state index in [0.717, 1.165) is 16.3 Å². The first-order valence-electron chi connectivity index (χ1n) is 6.00. The van der Waals surface area contributed by atoms with Crippen molar-refractivity contribution in [2.45, 2.75) is 20.4 Å². The topological polar surface area (TPSA) is 59.2 Å². The summed E-state index contributed by atoms with van der Waals surface area (Å²) in [7, 11) is 1.76. The highest BCUT2D eigenvalue weighted by Gasteiger charge is 2.16. The van der Waals surface area contributed by atoms with Crippen molar-refractivity contribution < 1.29 is 4.79 Å². The fourth-order valence-corrected chi connectivity index (χ4v) is 2.46. The first-order valence-corrected chi connectivity index (χ1v) is 6.88. The summed E-state index contributed by atoms with van der Waals surface area (Å²) in [5, 5.41) is 2.98. The van der Waals surface area contributed by atoms with E-state index in [1.54, 1.807) is 29.4 Å². The van der Waals surface area contributed by atoms with Crippen molar-refractivity contribution in [1.29, 1.82) is 0 Å². The zero-order valence-electron chi connectivity index (χ0n) is 11.3. The van der Waals surface area contributed by atoms with Crippen molar-refractivity contribution in [1.82, 2.24) is 9.88 Å². The van der Waals surface area contributed by atoms with E-state index in [1.807, 2.05) is 31.4 Å². The number of nitrogens with zero attached hydrogens (tertiary/aromatic N) is 2. The standard InChI is InChI=1S/C14H17N3OS/c1-9-4-5-13(15)12(6-9)14(18)17(3)7-11-8-19-10(2)16-11/h4-6,8H,7,15H2,1-3H3. The number of hydrogen-bond donors (Lipinski definition) is 1. The summed E-state index contributed by atoms with van der Waals surface area (Å²) >= 11 is 1.59. The minimum absolute atomic E-state index is 0.0770. The Hall–Kier alpha value is -1.88. The van der Waals surface area contributed by atoms with E-state index in [4.69, 9.17) is 5.73 Å². The third-order valence-corrected chi connectivity index (χ3v) is 3.67. The van der Waals surface area contributed by atoms with Crippen LogP contribution in [0.5, 0.6) is 0 Å². The summed E-state index contributed by atoms with van der Waals surface area (Å²) in [6.45, 7) is 4.39. The van der Waals surface area contributed by atoms with E-state index >= 15 is 0 Å². The smallest absolute Gasteiger partial charge is 0.256 e. The van der Waals surface area contributed by atoms with Crippen LogP contribution < -0.4 is 5.73 Å². The number of benzene rings is 1. The molecule has 0 bridgehead atoms. The average molecular weight is 275 g/mol. The molecular weight excluding hydrogens is 258 g/mol. The Morgan fingerprint density at radius 3 is 2.79 bits per heavy atom. The zero-order valence-corrected chi connectivity index (χ0v) is 12.1. The maximum Gasteiger partial charge on any atom is 0.256 e. The number of amides is 1. The van der Waals surface area contributed by atoms with E-state index in [0.29, 0.717) is 17.8 Å². The average Bonchev–Trinajstić information content (AvgIpc) is 2.77. The summed E-state index contributed by atoms with van der Waals surface area (Å²) in [6, 6.07) is 5.49. The van der Waals surface area contributed by atoms with Crippen LogP contribution in [0.15, 0.2) is 23.6 Å². The van der Waals surface area contributed by atoms with Crippen LogP contribution in [0.3, 0.4) is 0 Å². The molecule has 2 aromatic rings. The number of aromatic nitrogens is 1. The van der Waals surface area contributed by atoms with Crippen LogP contribution in [-0.2, 0) is 6.54 Å². The number of anilines is 1. The molecular formula is C14H17N3OS. The molecule has 0 saturated heterocycles. The van der Waals surface area contributed by atoms with Gasteiger partial charge in [-0.3, -0.25) is 4.79 Å². The second kappa shape index (κ2) is 5.40. The second-order valence-electron chi connectivity index (χ2n) is 4.61. The lowest BCUT2D eigenvalue weighted by molar-refractivity contribution is 0.0784. The molecule has 0 aliphatic heterocycles. The summed E-state index contributed by atoms with van der Waals surface area (Å²) in [4.78, 5) is 18.3. The van der Waals surface area contributed by atoms with Gasteiger partial charge in [0.25, 0.3) is 5.91 Å². The lowest BCUT2D eigenvalue weighted by atomic mass is 10.1. The molecule has 0 saturated carbocycles. The largest absolute Gasteiger partial charge is 0.398 e. The Kier molecular flexibility index (Phi) is 3.85. The van der Waals surface area contributed by atoms with Gasteiger partial charge in [0.2, 0.25) is 0 Å². The molecule has 1 amide bonds. The normalized spacial score (nSPS) is 10.5. The van der Waals surface area contributed by atoms with Crippen LogP contribution in [0.1, 0.15) is 26.6 Å². The minimum atomic E-state index is -0.0770. The van der Waals surface area contributed by atoms with Crippen LogP contribution in [0, 0.1) is 13.8 Å². The fraction of sp³-hybridized carbons (Fsp3) is 0.286. The Bertz CT molecular complexity index is 606. The maximum atomic E-state index is 12.4. The molecule has 0 radical (unpaired) electrons. The molecule has 2 rings (SSSR count). The first kappa shape index (κ1) is 13.5. The lowest BCUT2D eigenvalue weighted by Gasteiger charge is -2.17. The summed E-state index contributed by atoms with van der Waals surface area (Å²) in [6.07, 6.45) is 0. The molecule has 1 heterocycles. The predicted octanol–water partition coefficient (Wildman–Crippen LogP) is 2.61. The van der Waals surface area contributed by atoms with E-state index in [1.165, 1.54) is 0 Å². The van der Waals surface area contributed by atoms with Gasteiger partial charge in [-0.15, -0.1) is 11.3 Å². The highest BCUT2D eigenvalue weighted by Crippen LogP contribution is 2.17. The minimum Gasteiger partial charge on any atom is -0.398 e. The van der Waals surface area contributed by atoms with E-state index in [2.05, 4.69) is 4.98 Å². The molecule has 0 unspecified atom stereocenters. The quantitative estimate of drug-likeness (QED) is 0.876. The Morgan fingerprint density at radius 1 is 1.42 bits per heavy atom. The van der Waals surface area contributed by atoms with Crippen molar-refractivity contribution in [2.75, 3.05) is 12.8 Å². The molecule has 2 N–H and O–H groups in total. The third kappa shape index (κ3) is 3.12. The molecule has 4 nitrogen and oxygen atoms in total.